The normalized spacial score (nSPS) is 15.3. The molecule has 0 spiro atoms. The molecule has 3 fully saturated rings. The van der Waals surface area contributed by atoms with Crippen LogP contribution in [0.15, 0.2) is 152 Å². The Kier molecular flexibility index (Phi) is 17.1. The summed E-state index contributed by atoms with van der Waals surface area (Å²) in [6.07, 6.45) is 11.3. The number of carbonyl (C=O) groups excluding carboxylic acids is 4. The molecule has 16 nitrogen and oxygen atoms in total. The lowest BCUT2D eigenvalue weighted by Gasteiger charge is -2.32. The molecule has 16 heteroatoms. The Morgan fingerprint density at radius 1 is 0.487 bits per heavy atom. The number of benzene rings is 5. The fourth-order valence-corrected chi connectivity index (χ4v) is 10.5. The molecule has 3 saturated heterocycles. The van der Waals surface area contributed by atoms with E-state index in [-0.39, 0.29) is 42.2 Å². The van der Waals surface area contributed by atoms with Crippen LogP contribution in [0.3, 0.4) is 0 Å². The van der Waals surface area contributed by atoms with Gasteiger partial charge in [-0.3, -0.25) is 9.59 Å². The molecule has 0 atom stereocenters. The van der Waals surface area contributed by atoms with Gasteiger partial charge in [0.2, 0.25) is 0 Å². The molecule has 0 saturated carbocycles. The van der Waals surface area contributed by atoms with E-state index in [2.05, 4.69) is 54.2 Å². The molecular formula is C60H66N8O8. The first-order chi connectivity index (χ1) is 37.1. The Morgan fingerprint density at radius 3 is 1.21 bits per heavy atom. The average molecular weight is 1030 g/mol. The van der Waals surface area contributed by atoms with Crippen LogP contribution in [0.4, 0.5) is 9.59 Å². The van der Waals surface area contributed by atoms with Crippen molar-refractivity contribution in [1.29, 1.82) is 0 Å². The summed E-state index contributed by atoms with van der Waals surface area (Å²) >= 11 is 0. The molecule has 5 aromatic carbocycles. The monoisotopic (exact) mass is 1030 g/mol. The highest BCUT2D eigenvalue weighted by molar-refractivity contribution is 5.99. The zero-order valence-corrected chi connectivity index (χ0v) is 43.1. The number of carboxylic acid groups (broad SMARTS) is 1. The number of amides is 4. The van der Waals surface area contributed by atoms with Crippen LogP contribution in [0.25, 0.3) is 32.7 Å². The van der Waals surface area contributed by atoms with Crippen molar-refractivity contribution in [3.63, 3.8) is 0 Å². The summed E-state index contributed by atoms with van der Waals surface area (Å²) < 4.78 is 17.6. The summed E-state index contributed by atoms with van der Waals surface area (Å²) in [4.78, 5) is 63.2. The first-order valence-electron chi connectivity index (χ1n) is 26.2. The number of likely N-dealkylation sites (tertiary alicyclic amines) is 2. The van der Waals surface area contributed by atoms with Crippen molar-refractivity contribution in [2.45, 2.75) is 69.9 Å². The summed E-state index contributed by atoms with van der Waals surface area (Å²) in [6.45, 7) is 5.27. The fraction of sp³-hybridized carbons (Fsp3) is 0.317. The second-order valence-corrected chi connectivity index (χ2v) is 19.5. The minimum Gasteiger partial charge on any atom is -0.478 e. The van der Waals surface area contributed by atoms with E-state index >= 15 is 0 Å². The second-order valence-electron chi connectivity index (χ2n) is 19.5. The third kappa shape index (κ3) is 12.6. The molecule has 8 aromatic rings. The minimum atomic E-state index is -0.925. The predicted molar refractivity (Wildman–Crippen MR) is 294 cm³/mol. The molecule has 0 bridgehead atoms. The highest BCUT2D eigenvalue weighted by atomic mass is 16.6. The molecule has 3 aliphatic rings. The van der Waals surface area contributed by atoms with Crippen LogP contribution in [0, 0.1) is 0 Å². The largest absolute Gasteiger partial charge is 0.478 e. The molecular weight excluding hydrogens is 961 g/mol. The van der Waals surface area contributed by atoms with E-state index in [1.54, 1.807) is 36.0 Å². The smallest absolute Gasteiger partial charge is 0.410 e. The third-order valence-electron chi connectivity index (χ3n) is 14.7. The van der Waals surface area contributed by atoms with Gasteiger partial charge in [0, 0.05) is 105 Å². The Hall–Kier alpha value is -8.37. The van der Waals surface area contributed by atoms with Crippen LogP contribution in [0.2, 0.25) is 0 Å². The molecule has 0 aliphatic carbocycles. The molecule has 6 heterocycles. The molecule has 394 valence electrons. The maximum absolute atomic E-state index is 12.4. The number of carboxylic acids is 1. The number of rotatable bonds is 10. The average Bonchev–Trinajstić information content (AvgIpc) is 4.24. The van der Waals surface area contributed by atoms with Crippen LogP contribution in [-0.2, 0) is 22.7 Å². The standard InChI is InChI=1S/C23H25N3O3.C22H22N2O4.C15H19N3O/c1-24-22(27)19-8-7-18-9-14-26(21(18)15-19)20-10-12-25(13-11-20)23(28)29-16-17-5-3-2-4-6-17;25-21(26)18-7-6-17-8-13-24(20(17)14-18)19-9-11-23(12-10-19)22(27)28-15-16-4-2-1-3-5-16;1-16-15(19)12-3-2-11-6-9-18(14(11)10-12)13-4-7-17-8-5-13/h2-9,14-15,20H,10-13,16H2,1H3,(H,24,27);1-8,13-14,19H,9-12,15H2,(H,25,26);2-3,6,9-10,13,17H,4-5,7-8H2,1H3,(H,16,19). The van der Waals surface area contributed by atoms with E-state index in [9.17, 15) is 29.1 Å². The number of hydrogen-bond acceptors (Lipinski definition) is 8. The molecule has 76 heavy (non-hydrogen) atoms. The van der Waals surface area contributed by atoms with Gasteiger partial charge in [-0.05, 0) is 133 Å². The molecule has 0 unspecified atom stereocenters. The lowest BCUT2D eigenvalue weighted by atomic mass is 10.0. The zero-order chi connectivity index (χ0) is 53.0. The molecule has 3 aliphatic heterocycles. The van der Waals surface area contributed by atoms with Gasteiger partial charge in [0.25, 0.3) is 11.8 Å². The molecule has 4 N–H and O–H groups in total. The number of nitrogens with one attached hydrogen (secondary N) is 3. The van der Waals surface area contributed by atoms with Gasteiger partial charge < -0.3 is 54.0 Å². The molecule has 11 rings (SSSR count). The SMILES string of the molecule is CNC(=O)c1ccc2ccn(C3CCN(C(=O)OCc4ccccc4)CC3)c2c1.CNC(=O)c1ccc2ccn(C3CCNCC3)c2c1.O=C(O)c1ccc2ccn(C3CCN(C(=O)OCc4ccccc4)CC3)c2c1. The number of fused-ring (bicyclic) bond motifs is 3. The van der Waals surface area contributed by atoms with E-state index in [0.29, 0.717) is 50.4 Å². The van der Waals surface area contributed by atoms with Crippen LogP contribution in [-0.4, -0.2) is 112 Å². The number of aromatic nitrogens is 3. The summed E-state index contributed by atoms with van der Waals surface area (Å²) in [7, 11) is 3.30. The highest BCUT2D eigenvalue weighted by Gasteiger charge is 2.27. The van der Waals surface area contributed by atoms with Gasteiger partial charge in [-0.25, -0.2) is 14.4 Å². The second kappa shape index (κ2) is 24.8. The molecule has 4 amide bonds. The quantitative estimate of drug-likeness (QED) is 0.104. The van der Waals surface area contributed by atoms with Gasteiger partial charge in [-0.2, -0.15) is 0 Å². The van der Waals surface area contributed by atoms with Crippen molar-refractivity contribution in [3.05, 3.63) is 180 Å². The van der Waals surface area contributed by atoms with Crippen molar-refractivity contribution < 1.29 is 38.6 Å². The molecule has 0 radical (unpaired) electrons. The lowest BCUT2D eigenvalue weighted by molar-refractivity contribution is 0.0695. The van der Waals surface area contributed by atoms with E-state index in [1.807, 2.05) is 115 Å². The van der Waals surface area contributed by atoms with E-state index in [0.717, 1.165) is 95.6 Å². The van der Waals surface area contributed by atoms with Crippen LogP contribution in [0.5, 0.6) is 0 Å². The molecule has 3 aromatic heterocycles. The number of piperidine rings is 3. The van der Waals surface area contributed by atoms with E-state index in [4.69, 9.17) is 9.47 Å². The Morgan fingerprint density at radius 2 is 0.842 bits per heavy atom. The van der Waals surface area contributed by atoms with Gasteiger partial charge in [0.15, 0.2) is 0 Å². The van der Waals surface area contributed by atoms with Gasteiger partial charge >= 0.3 is 18.2 Å². The number of nitrogens with zero attached hydrogens (tertiary/aromatic N) is 5. The van der Waals surface area contributed by atoms with Crippen LogP contribution in [0.1, 0.15) is 98.9 Å². The van der Waals surface area contributed by atoms with Crippen molar-refractivity contribution in [1.82, 2.24) is 39.5 Å². The summed E-state index contributed by atoms with van der Waals surface area (Å²) in [6, 6.07) is 43.5. The Balaban J connectivity index is 0.000000142. The van der Waals surface area contributed by atoms with Crippen molar-refractivity contribution in [3.8, 4) is 0 Å². The number of hydrogen-bond donors (Lipinski definition) is 4. The fourth-order valence-electron chi connectivity index (χ4n) is 10.5. The summed E-state index contributed by atoms with van der Waals surface area (Å²) in [5.41, 5.74) is 6.76. The lowest BCUT2D eigenvalue weighted by Crippen LogP contribution is -2.39. The van der Waals surface area contributed by atoms with Crippen molar-refractivity contribution in [2.24, 2.45) is 0 Å². The highest BCUT2D eigenvalue weighted by Crippen LogP contribution is 2.31. The van der Waals surface area contributed by atoms with Crippen LogP contribution < -0.4 is 16.0 Å². The van der Waals surface area contributed by atoms with E-state index in [1.165, 1.54) is 5.39 Å². The van der Waals surface area contributed by atoms with E-state index < -0.39 is 5.97 Å². The minimum absolute atomic E-state index is 0.0278. The van der Waals surface area contributed by atoms with Gasteiger partial charge in [0.05, 0.1) is 5.56 Å². The third-order valence-corrected chi connectivity index (χ3v) is 14.7. The topological polar surface area (TPSA) is 181 Å². The van der Waals surface area contributed by atoms with Gasteiger partial charge in [0.1, 0.15) is 13.2 Å². The van der Waals surface area contributed by atoms with Crippen molar-refractivity contribution >= 4 is 62.7 Å². The van der Waals surface area contributed by atoms with Gasteiger partial charge in [-0.15, -0.1) is 0 Å². The van der Waals surface area contributed by atoms with Crippen LogP contribution >= 0.6 is 0 Å². The number of carbonyl (C=O) groups is 5. The number of aromatic carboxylic acids is 1. The first-order valence-corrected chi connectivity index (χ1v) is 26.2. The number of ether oxygens (including phenoxy) is 2. The zero-order valence-electron chi connectivity index (χ0n) is 43.1. The predicted octanol–water partition coefficient (Wildman–Crippen LogP) is 10.2. The Bertz CT molecular complexity index is 3270. The maximum atomic E-state index is 12.4. The first kappa shape index (κ1) is 52.5. The van der Waals surface area contributed by atoms with Gasteiger partial charge in [-0.1, -0.05) is 78.9 Å². The van der Waals surface area contributed by atoms with Crippen molar-refractivity contribution in [2.75, 3.05) is 53.4 Å². The Labute approximate surface area is 442 Å². The summed E-state index contributed by atoms with van der Waals surface area (Å²) in [5, 5.41) is 21.3. The maximum Gasteiger partial charge on any atom is 0.410 e. The summed E-state index contributed by atoms with van der Waals surface area (Å²) in [5.74, 6) is -1.04.